The maximum Gasteiger partial charge on any atom is 0.251 e. The van der Waals surface area contributed by atoms with Gasteiger partial charge in [0.05, 0.1) is 12.0 Å². The molecule has 0 radical (unpaired) electrons. The molecule has 2 N–H and O–H groups in total. The lowest BCUT2D eigenvalue weighted by atomic mass is 9.97. The lowest BCUT2D eigenvalue weighted by Crippen LogP contribution is -2.36. The highest BCUT2D eigenvalue weighted by atomic mass is 35.5. The summed E-state index contributed by atoms with van der Waals surface area (Å²) in [4.78, 5) is 38.2. The van der Waals surface area contributed by atoms with E-state index in [1.54, 1.807) is 12.1 Å². The summed E-state index contributed by atoms with van der Waals surface area (Å²) in [5, 5.41) is 6.09. The zero-order valence-electron chi connectivity index (χ0n) is 17.3. The van der Waals surface area contributed by atoms with Crippen molar-refractivity contribution in [2.24, 2.45) is 5.92 Å². The summed E-state index contributed by atoms with van der Waals surface area (Å²) in [5.74, 6) is -0.906. The van der Waals surface area contributed by atoms with Crippen molar-refractivity contribution in [3.05, 3.63) is 70.2 Å². The standard InChI is InChI=1S/C24H26ClN3O3/c25-20-5-3-4-18(13-20)21(28-10-1-2-11-28)15-26-23(30)17-8-6-16(7-9-17)12-19-14-22(29)27-24(19)31/h3-9,13,19,21H,1-2,10-12,14-15H2,(H,26,30)(H,27,29,31). The van der Waals surface area contributed by atoms with E-state index in [0.29, 0.717) is 23.6 Å². The van der Waals surface area contributed by atoms with E-state index in [1.807, 2.05) is 30.3 Å². The number of halogens is 1. The van der Waals surface area contributed by atoms with E-state index in [0.717, 1.165) is 37.1 Å². The predicted octanol–water partition coefficient (Wildman–Crippen LogP) is 3.11. The van der Waals surface area contributed by atoms with Gasteiger partial charge < -0.3 is 5.32 Å². The molecule has 0 aromatic heterocycles. The molecule has 2 atom stereocenters. The van der Waals surface area contributed by atoms with Crippen LogP contribution in [0.4, 0.5) is 0 Å². The number of likely N-dealkylation sites (tertiary alicyclic amines) is 1. The number of imide groups is 1. The Bertz CT molecular complexity index is 970. The molecule has 162 valence electrons. The van der Waals surface area contributed by atoms with Crippen LogP contribution in [0.2, 0.25) is 5.02 Å². The minimum absolute atomic E-state index is 0.0860. The van der Waals surface area contributed by atoms with Gasteiger partial charge in [-0.25, -0.2) is 0 Å². The molecule has 0 spiro atoms. The second-order valence-corrected chi connectivity index (χ2v) is 8.67. The molecule has 2 heterocycles. The number of nitrogens with one attached hydrogen (secondary N) is 2. The molecule has 6 nitrogen and oxygen atoms in total. The van der Waals surface area contributed by atoms with Crippen LogP contribution in [0.15, 0.2) is 48.5 Å². The first-order valence-corrected chi connectivity index (χ1v) is 11.1. The molecule has 31 heavy (non-hydrogen) atoms. The number of carbonyl (C=O) groups is 3. The van der Waals surface area contributed by atoms with Crippen molar-refractivity contribution in [2.45, 2.75) is 31.7 Å². The van der Waals surface area contributed by atoms with Crippen LogP contribution in [0.1, 0.15) is 46.8 Å². The summed E-state index contributed by atoms with van der Waals surface area (Å²) in [6.45, 7) is 2.53. The topological polar surface area (TPSA) is 78.5 Å². The fourth-order valence-electron chi connectivity index (χ4n) is 4.36. The third kappa shape index (κ3) is 5.32. The SMILES string of the molecule is O=C1CC(Cc2ccc(C(=O)NCC(c3cccc(Cl)c3)N3CCCC3)cc2)C(=O)N1. The molecule has 4 rings (SSSR count). The van der Waals surface area contributed by atoms with Gasteiger partial charge >= 0.3 is 0 Å². The van der Waals surface area contributed by atoms with Gasteiger partial charge in [-0.3, -0.25) is 24.6 Å². The van der Waals surface area contributed by atoms with E-state index in [1.165, 1.54) is 0 Å². The Kier molecular flexibility index (Phi) is 6.68. The molecule has 0 bridgehead atoms. The third-order valence-corrected chi connectivity index (χ3v) is 6.27. The third-order valence-electron chi connectivity index (χ3n) is 6.03. The summed E-state index contributed by atoms with van der Waals surface area (Å²) in [7, 11) is 0. The summed E-state index contributed by atoms with van der Waals surface area (Å²) < 4.78 is 0. The molecule has 3 amide bonds. The van der Waals surface area contributed by atoms with Gasteiger partial charge in [-0.15, -0.1) is 0 Å². The Hall–Kier alpha value is -2.70. The highest BCUT2D eigenvalue weighted by molar-refractivity contribution is 6.30. The first-order valence-electron chi connectivity index (χ1n) is 10.7. The zero-order chi connectivity index (χ0) is 21.8. The van der Waals surface area contributed by atoms with Gasteiger partial charge in [0, 0.05) is 23.6 Å². The number of nitrogens with zero attached hydrogens (tertiary/aromatic N) is 1. The van der Waals surface area contributed by atoms with Crippen molar-refractivity contribution in [3.8, 4) is 0 Å². The van der Waals surface area contributed by atoms with Gasteiger partial charge in [0.25, 0.3) is 5.91 Å². The van der Waals surface area contributed by atoms with Crippen LogP contribution in [0.3, 0.4) is 0 Å². The first kappa shape index (κ1) is 21.5. The normalized spacial score (nSPS) is 20.0. The molecule has 2 fully saturated rings. The lowest BCUT2D eigenvalue weighted by molar-refractivity contribution is -0.125. The van der Waals surface area contributed by atoms with Crippen LogP contribution < -0.4 is 10.6 Å². The van der Waals surface area contributed by atoms with Crippen LogP contribution in [0.25, 0.3) is 0 Å². The molecule has 2 aromatic rings. The van der Waals surface area contributed by atoms with E-state index >= 15 is 0 Å². The van der Waals surface area contributed by atoms with E-state index in [2.05, 4.69) is 21.6 Å². The maximum absolute atomic E-state index is 12.7. The minimum Gasteiger partial charge on any atom is -0.350 e. The van der Waals surface area contributed by atoms with Crippen molar-refractivity contribution >= 4 is 29.3 Å². The van der Waals surface area contributed by atoms with Crippen LogP contribution in [-0.4, -0.2) is 42.3 Å². The Morgan fingerprint density at radius 3 is 2.52 bits per heavy atom. The van der Waals surface area contributed by atoms with Gasteiger partial charge in [-0.1, -0.05) is 35.9 Å². The minimum atomic E-state index is -0.328. The average molecular weight is 440 g/mol. The summed E-state index contributed by atoms with van der Waals surface area (Å²) in [6, 6.07) is 15.1. The van der Waals surface area contributed by atoms with Crippen LogP contribution in [0, 0.1) is 5.92 Å². The highest BCUT2D eigenvalue weighted by Gasteiger charge is 2.30. The second-order valence-electron chi connectivity index (χ2n) is 8.24. The summed E-state index contributed by atoms with van der Waals surface area (Å²) >= 11 is 6.20. The number of benzene rings is 2. The molecule has 7 heteroatoms. The largest absolute Gasteiger partial charge is 0.350 e. The lowest BCUT2D eigenvalue weighted by Gasteiger charge is -2.28. The Morgan fingerprint density at radius 1 is 1.13 bits per heavy atom. The van der Waals surface area contributed by atoms with Crippen molar-refractivity contribution in [1.82, 2.24) is 15.5 Å². The van der Waals surface area contributed by atoms with Crippen LogP contribution >= 0.6 is 11.6 Å². The maximum atomic E-state index is 12.7. The zero-order valence-corrected chi connectivity index (χ0v) is 18.0. The molecule has 2 unspecified atom stereocenters. The highest BCUT2D eigenvalue weighted by Crippen LogP contribution is 2.26. The van der Waals surface area contributed by atoms with Gasteiger partial charge in [0.1, 0.15) is 0 Å². The van der Waals surface area contributed by atoms with E-state index < -0.39 is 0 Å². The number of carbonyl (C=O) groups excluding carboxylic acids is 3. The number of amides is 3. The van der Waals surface area contributed by atoms with E-state index in [4.69, 9.17) is 11.6 Å². The summed E-state index contributed by atoms with van der Waals surface area (Å²) in [6.07, 6.45) is 3.04. The molecule has 0 saturated carbocycles. The molecule has 2 aliphatic rings. The smallest absolute Gasteiger partial charge is 0.251 e. The Morgan fingerprint density at radius 2 is 1.87 bits per heavy atom. The number of hydrogen-bond donors (Lipinski definition) is 2. The Balaban J connectivity index is 1.38. The molecule has 2 saturated heterocycles. The molecular weight excluding hydrogens is 414 g/mol. The molecular formula is C24H26ClN3O3. The van der Waals surface area contributed by atoms with E-state index in [9.17, 15) is 14.4 Å². The molecule has 2 aromatic carbocycles. The van der Waals surface area contributed by atoms with Crippen molar-refractivity contribution in [2.75, 3.05) is 19.6 Å². The monoisotopic (exact) mass is 439 g/mol. The van der Waals surface area contributed by atoms with Gasteiger partial charge in [0.15, 0.2) is 0 Å². The second kappa shape index (κ2) is 9.62. The van der Waals surface area contributed by atoms with Crippen molar-refractivity contribution in [1.29, 1.82) is 0 Å². The van der Waals surface area contributed by atoms with Gasteiger partial charge in [-0.05, 0) is 67.7 Å². The van der Waals surface area contributed by atoms with E-state index in [-0.39, 0.29) is 36.1 Å². The average Bonchev–Trinajstić information content (AvgIpc) is 3.38. The molecule has 0 aliphatic carbocycles. The Labute approximate surface area is 187 Å². The first-order chi connectivity index (χ1) is 15.0. The number of hydrogen-bond acceptors (Lipinski definition) is 4. The summed E-state index contributed by atoms with van der Waals surface area (Å²) in [5.41, 5.74) is 2.61. The van der Waals surface area contributed by atoms with Crippen molar-refractivity contribution < 1.29 is 14.4 Å². The van der Waals surface area contributed by atoms with Gasteiger partial charge in [-0.2, -0.15) is 0 Å². The quantitative estimate of drug-likeness (QED) is 0.650. The molecule has 2 aliphatic heterocycles. The van der Waals surface area contributed by atoms with Gasteiger partial charge in [0.2, 0.25) is 11.8 Å². The van der Waals surface area contributed by atoms with Crippen molar-refractivity contribution in [3.63, 3.8) is 0 Å². The number of rotatable bonds is 7. The predicted molar refractivity (Wildman–Crippen MR) is 119 cm³/mol. The fourth-order valence-corrected chi connectivity index (χ4v) is 4.56. The fraction of sp³-hybridized carbons (Fsp3) is 0.375. The van der Waals surface area contributed by atoms with Crippen LogP contribution in [-0.2, 0) is 16.0 Å². The van der Waals surface area contributed by atoms with Crippen LogP contribution in [0.5, 0.6) is 0 Å².